The summed E-state index contributed by atoms with van der Waals surface area (Å²) in [5.74, 6) is 0.295. The van der Waals surface area contributed by atoms with Crippen LogP contribution in [0.2, 0.25) is 10.0 Å². The summed E-state index contributed by atoms with van der Waals surface area (Å²) in [6.07, 6.45) is 0. The molecule has 0 spiro atoms. The van der Waals surface area contributed by atoms with E-state index >= 15 is 0 Å². The molecule has 0 atom stereocenters. The molecule has 2 aromatic carbocycles. The molecule has 20 heavy (non-hydrogen) atoms. The largest absolute Gasteiger partial charge is 0.295 e. The highest BCUT2D eigenvalue weighted by Crippen LogP contribution is 2.28. The second kappa shape index (κ2) is 5.24. The van der Waals surface area contributed by atoms with Gasteiger partial charge >= 0.3 is 0 Å². The van der Waals surface area contributed by atoms with Gasteiger partial charge in [-0.15, -0.1) is 11.6 Å². The molecule has 0 unspecified atom stereocenters. The minimum atomic E-state index is -0.388. The molecule has 0 amide bonds. The zero-order chi connectivity index (χ0) is 14.3. The van der Waals surface area contributed by atoms with Crippen molar-refractivity contribution in [2.45, 2.75) is 5.88 Å². The van der Waals surface area contributed by atoms with E-state index in [0.717, 1.165) is 0 Å². The van der Waals surface area contributed by atoms with E-state index in [2.05, 4.69) is 4.98 Å². The molecular formula is C14H8Cl3FN2. The number of hydrogen-bond acceptors (Lipinski definition) is 1. The number of benzene rings is 2. The summed E-state index contributed by atoms with van der Waals surface area (Å²) in [7, 11) is 0. The zero-order valence-electron chi connectivity index (χ0n) is 10.1. The monoisotopic (exact) mass is 328 g/mol. The summed E-state index contributed by atoms with van der Waals surface area (Å²) in [5.41, 5.74) is 1.60. The van der Waals surface area contributed by atoms with E-state index in [1.165, 1.54) is 6.07 Å². The van der Waals surface area contributed by atoms with Gasteiger partial charge in [-0.25, -0.2) is 9.37 Å². The minimum absolute atomic E-state index is 0.151. The number of halogens is 4. The normalized spacial score (nSPS) is 11.2. The molecule has 0 aliphatic carbocycles. The van der Waals surface area contributed by atoms with E-state index < -0.39 is 0 Å². The van der Waals surface area contributed by atoms with Gasteiger partial charge in [0.2, 0.25) is 0 Å². The maximum absolute atomic E-state index is 13.8. The summed E-state index contributed by atoms with van der Waals surface area (Å²) >= 11 is 18.0. The summed E-state index contributed by atoms with van der Waals surface area (Å²) in [4.78, 5) is 4.24. The van der Waals surface area contributed by atoms with Crippen LogP contribution in [0.3, 0.4) is 0 Å². The van der Waals surface area contributed by atoms with Crippen LogP contribution in [-0.2, 0) is 5.88 Å². The van der Waals surface area contributed by atoms with Crippen molar-refractivity contribution in [2.75, 3.05) is 0 Å². The quantitative estimate of drug-likeness (QED) is 0.590. The Morgan fingerprint density at radius 2 is 1.80 bits per heavy atom. The Morgan fingerprint density at radius 3 is 2.45 bits per heavy atom. The van der Waals surface area contributed by atoms with Crippen LogP contribution < -0.4 is 0 Å². The predicted molar refractivity (Wildman–Crippen MR) is 80.6 cm³/mol. The molecule has 0 radical (unpaired) electrons. The molecule has 3 aromatic rings. The Hall–Kier alpha value is -1.29. The first-order valence-electron chi connectivity index (χ1n) is 5.78. The average Bonchev–Trinajstić information content (AvgIpc) is 2.77. The van der Waals surface area contributed by atoms with Gasteiger partial charge in [0, 0.05) is 10.0 Å². The fourth-order valence-electron chi connectivity index (χ4n) is 2.16. The van der Waals surface area contributed by atoms with Crippen molar-refractivity contribution in [3.05, 3.63) is 58.1 Å². The van der Waals surface area contributed by atoms with E-state index in [0.29, 0.717) is 27.1 Å². The van der Waals surface area contributed by atoms with Crippen LogP contribution in [0.15, 0.2) is 36.4 Å². The van der Waals surface area contributed by atoms with Crippen molar-refractivity contribution >= 4 is 45.8 Å². The highest BCUT2D eigenvalue weighted by Gasteiger charge is 2.15. The number of para-hydroxylation sites is 1. The highest BCUT2D eigenvalue weighted by atomic mass is 35.5. The Morgan fingerprint density at radius 1 is 1.10 bits per heavy atom. The van der Waals surface area contributed by atoms with Gasteiger partial charge in [-0.1, -0.05) is 29.3 Å². The molecule has 0 aliphatic heterocycles. The Balaban J connectivity index is 2.37. The Labute approximate surface area is 129 Å². The van der Waals surface area contributed by atoms with Crippen LogP contribution in [0.25, 0.3) is 16.7 Å². The summed E-state index contributed by atoms with van der Waals surface area (Å²) in [5, 5.41) is 0.984. The third-order valence-electron chi connectivity index (χ3n) is 2.93. The van der Waals surface area contributed by atoms with Crippen molar-refractivity contribution < 1.29 is 4.39 Å². The lowest BCUT2D eigenvalue weighted by molar-refractivity contribution is 0.637. The standard InChI is InChI=1S/C14H8Cl3FN2/c15-7-13-19-14-11(18)2-1-3-12(14)20(13)10-5-8(16)4-9(17)6-10/h1-6H,7H2. The van der Waals surface area contributed by atoms with Crippen molar-refractivity contribution in [3.63, 3.8) is 0 Å². The average molecular weight is 330 g/mol. The molecule has 0 saturated carbocycles. The first kappa shape index (κ1) is 13.7. The first-order valence-corrected chi connectivity index (χ1v) is 7.07. The highest BCUT2D eigenvalue weighted by molar-refractivity contribution is 6.34. The molecule has 102 valence electrons. The molecule has 0 aliphatic rings. The molecule has 1 aromatic heterocycles. The van der Waals surface area contributed by atoms with Gasteiger partial charge in [0.15, 0.2) is 5.82 Å². The second-order valence-electron chi connectivity index (χ2n) is 4.23. The van der Waals surface area contributed by atoms with E-state index in [-0.39, 0.29) is 17.2 Å². The SMILES string of the molecule is Fc1cccc2c1nc(CCl)n2-c1cc(Cl)cc(Cl)c1. The Bertz CT molecular complexity index is 778. The summed E-state index contributed by atoms with van der Waals surface area (Å²) < 4.78 is 15.6. The minimum Gasteiger partial charge on any atom is -0.295 e. The number of rotatable bonds is 2. The molecule has 0 N–H and O–H groups in total. The number of aromatic nitrogens is 2. The smallest absolute Gasteiger partial charge is 0.151 e. The van der Waals surface area contributed by atoms with E-state index in [1.807, 2.05) is 0 Å². The van der Waals surface area contributed by atoms with E-state index in [4.69, 9.17) is 34.8 Å². The summed E-state index contributed by atoms with van der Waals surface area (Å²) in [6, 6.07) is 9.86. The van der Waals surface area contributed by atoms with Crippen molar-refractivity contribution in [3.8, 4) is 5.69 Å². The predicted octanol–water partition coefficient (Wildman–Crippen LogP) is 5.21. The lowest BCUT2D eigenvalue weighted by Gasteiger charge is -2.09. The van der Waals surface area contributed by atoms with Crippen LogP contribution in [-0.4, -0.2) is 9.55 Å². The maximum Gasteiger partial charge on any atom is 0.151 e. The van der Waals surface area contributed by atoms with Crippen molar-refractivity contribution in [2.24, 2.45) is 0 Å². The van der Waals surface area contributed by atoms with Gasteiger partial charge in [0.25, 0.3) is 0 Å². The third-order valence-corrected chi connectivity index (χ3v) is 3.61. The van der Waals surface area contributed by atoms with Crippen molar-refractivity contribution in [1.29, 1.82) is 0 Å². The third kappa shape index (κ3) is 2.26. The number of nitrogens with zero attached hydrogens (tertiary/aromatic N) is 2. The van der Waals surface area contributed by atoms with Crippen LogP contribution in [0, 0.1) is 5.82 Å². The molecule has 0 saturated heterocycles. The molecule has 3 rings (SSSR count). The van der Waals surface area contributed by atoms with Crippen LogP contribution in [0.1, 0.15) is 5.82 Å². The molecule has 1 heterocycles. The van der Waals surface area contributed by atoms with Gasteiger partial charge < -0.3 is 0 Å². The number of alkyl halides is 1. The molecule has 0 fully saturated rings. The Kier molecular flexibility index (Phi) is 3.59. The van der Waals surface area contributed by atoms with Gasteiger partial charge in [0.05, 0.1) is 17.1 Å². The maximum atomic E-state index is 13.8. The second-order valence-corrected chi connectivity index (χ2v) is 5.37. The van der Waals surface area contributed by atoms with E-state index in [1.54, 1.807) is 34.9 Å². The van der Waals surface area contributed by atoms with E-state index in [9.17, 15) is 4.39 Å². The topological polar surface area (TPSA) is 17.8 Å². The van der Waals surface area contributed by atoms with Gasteiger partial charge in [-0.2, -0.15) is 0 Å². The van der Waals surface area contributed by atoms with Crippen LogP contribution in [0.4, 0.5) is 4.39 Å². The zero-order valence-corrected chi connectivity index (χ0v) is 12.3. The van der Waals surface area contributed by atoms with Gasteiger partial charge in [-0.05, 0) is 30.3 Å². The van der Waals surface area contributed by atoms with Crippen molar-refractivity contribution in [1.82, 2.24) is 9.55 Å². The van der Waals surface area contributed by atoms with Gasteiger partial charge in [-0.3, -0.25) is 4.57 Å². The first-order chi connectivity index (χ1) is 9.60. The fourth-order valence-corrected chi connectivity index (χ4v) is 2.85. The molecule has 0 bridgehead atoms. The number of imidazole rings is 1. The number of hydrogen-bond donors (Lipinski definition) is 0. The molecular weight excluding hydrogens is 322 g/mol. The van der Waals surface area contributed by atoms with Crippen LogP contribution >= 0.6 is 34.8 Å². The lowest BCUT2D eigenvalue weighted by atomic mass is 10.2. The lowest BCUT2D eigenvalue weighted by Crippen LogP contribution is -1.99. The van der Waals surface area contributed by atoms with Gasteiger partial charge in [0.1, 0.15) is 11.3 Å². The fraction of sp³-hybridized carbons (Fsp3) is 0.0714. The van der Waals surface area contributed by atoms with Crippen LogP contribution in [0.5, 0.6) is 0 Å². The summed E-state index contributed by atoms with van der Waals surface area (Å²) in [6.45, 7) is 0. The number of fused-ring (bicyclic) bond motifs is 1. The molecule has 2 nitrogen and oxygen atoms in total. The molecule has 6 heteroatoms.